The number of sulfone groups is 1. The van der Waals surface area contributed by atoms with Gasteiger partial charge < -0.3 is 14.8 Å². The molecule has 0 saturated heterocycles. The SMILES string of the molecule is CCS(=O)(=O)CCOCc1nc(-c2cc3c(Nc4ccc(OCc5cccc(F)c5)c(Cl)c4)ncnc3cn2)cs1. The fourth-order valence-corrected chi connectivity index (χ4v) is 5.42. The molecule has 0 fully saturated rings. The van der Waals surface area contributed by atoms with Crippen LogP contribution in [0.15, 0.2) is 66.4 Å². The van der Waals surface area contributed by atoms with E-state index < -0.39 is 9.84 Å². The topological polar surface area (TPSA) is 116 Å². The lowest BCUT2D eigenvalue weighted by Crippen LogP contribution is -2.13. The minimum Gasteiger partial charge on any atom is -0.487 e. The Hall–Kier alpha value is -3.71. The van der Waals surface area contributed by atoms with E-state index in [4.69, 9.17) is 21.1 Å². The lowest BCUT2D eigenvalue weighted by Gasteiger charge is -2.12. The Morgan fingerprint density at radius 1 is 1.05 bits per heavy atom. The molecular formula is C28H25ClFN5O4S2. The van der Waals surface area contributed by atoms with Crippen molar-refractivity contribution in [3.05, 3.63) is 87.8 Å². The number of hydrogen-bond acceptors (Lipinski definition) is 10. The second kappa shape index (κ2) is 12.9. The van der Waals surface area contributed by atoms with Gasteiger partial charge in [-0.15, -0.1) is 11.3 Å². The normalized spacial score (nSPS) is 11.6. The summed E-state index contributed by atoms with van der Waals surface area (Å²) < 4.78 is 48.0. The summed E-state index contributed by atoms with van der Waals surface area (Å²) in [6.07, 6.45) is 3.10. The quantitative estimate of drug-likeness (QED) is 0.164. The average Bonchev–Trinajstić information content (AvgIpc) is 3.44. The molecule has 0 saturated carbocycles. The van der Waals surface area contributed by atoms with Crippen molar-refractivity contribution < 1.29 is 22.3 Å². The zero-order valence-corrected chi connectivity index (χ0v) is 24.3. The highest BCUT2D eigenvalue weighted by molar-refractivity contribution is 7.91. The second-order valence-corrected chi connectivity index (χ2v) is 12.7. The molecule has 9 nitrogen and oxygen atoms in total. The maximum atomic E-state index is 13.4. The molecule has 3 heterocycles. The number of ether oxygens (including phenoxy) is 2. The van der Waals surface area contributed by atoms with E-state index in [0.717, 1.165) is 5.39 Å². The highest BCUT2D eigenvalue weighted by Gasteiger charge is 2.13. The van der Waals surface area contributed by atoms with E-state index >= 15 is 0 Å². The minimum absolute atomic E-state index is 0.0143. The van der Waals surface area contributed by atoms with Crippen LogP contribution in [0.4, 0.5) is 15.9 Å². The van der Waals surface area contributed by atoms with Crippen LogP contribution in [0.5, 0.6) is 5.75 Å². The molecule has 0 spiro atoms. The van der Waals surface area contributed by atoms with Crippen molar-refractivity contribution in [2.45, 2.75) is 20.1 Å². The van der Waals surface area contributed by atoms with Crippen LogP contribution in [0, 0.1) is 5.82 Å². The lowest BCUT2D eigenvalue weighted by atomic mass is 10.2. The Labute approximate surface area is 245 Å². The molecule has 0 aliphatic carbocycles. The lowest BCUT2D eigenvalue weighted by molar-refractivity contribution is 0.135. The summed E-state index contributed by atoms with van der Waals surface area (Å²) in [4.78, 5) is 17.8. The average molecular weight is 614 g/mol. The number of fused-ring (bicyclic) bond motifs is 1. The monoisotopic (exact) mass is 613 g/mol. The third kappa shape index (κ3) is 7.53. The zero-order chi connectivity index (χ0) is 28.8. The third-order valence-electron chi connectivity index (χ3n) is 6.02. The van der Waals surface area contributed by atoms with E-state index in [9.17, 15) is 12.8 Å². The largest absolute Gasteiger partial charge is 0.487 e. The number of nitrogens with one attached hydrogen (secondary N) is 1. The zero-order valence-electron chi connectivity index (χ0n) is 21.9. The molecule has 13 heteroatoms. The Bertz CT molecular complexity index is 1780. The van der Waals surface area contributed by atoms with Crippen LogP contribution >= 0.6 is 22.9 Å². The summed E-state index contributed by atoms with van der Waals surface area (Å²) in [5.41, 5.74) is 3.31. The first-order chi connectivity index (χ1) is 19.8. The minimum atomic E-state index is -3.07. The summed E-state index contributed by atoms with van der Waals surface area (Å²) in [6.45, 7) is 2.14. The number of hydrogen-bond donors (Lipinski definition) is 1. The van der Waals surface area contributed by atoms with E-state index in [-0.39, 0.29) is 37.1 Å². The van der Waals surface area contributed by atoms with Gasteiger partial charge in [-0.25, -0.2) is 27.8 Å². The maximum absolute atomic E-state index is 13.4. The first-order valence-corrected chi connectivity index (χ1v) is 15.6. The van der Waals surface area contributed by atoms with E-state index in [1.165, 1.54) is 29.8 Å². The number of halogens is 2. The van der Waals surface area contributed by atoms with Crippen molar-refractivity contribution in [1.82, 2.24) is 19.9 Å². The van der Waals surface area contributed by atoms with Crippen LogP contribution in [-0.4, -0.2) is 46.5 Å². The standard InChI is InChI=1S/C28H25ClFN5O4S2/c1-2-41(36,37)9-8-38-15-27-35-25(16-40-27)23-12-21-24(13-31-23)32-17-33-28(21)34-20-6-7-26(22(29)11-20)39-14-18-4-3-5-19(30)10-18/h3-7,10-13,16-17H,2,8-9,14-15H2,1H3,(H,32,33,34). The van der Waals surface area contributed by atoms with Gasteiger partial charge in [-0.05, 0) is 42.0 Å². The maximum Gasteiger partial charge on any atom is 0.152 e. The van der Waals surface area contributed by atoms with Gasteiger partial charge in [0, 0.05) is 22.2 Å². The molecule has 0 unspecified atom stereocenters. The third-order valence-corrected chi connectivity index (χ3v) is 8.80. The fraction of sp³-hybridized carbons (Fsp3) is 0.214. The van der Waals surface area contributed by atoms with E-state index in [0.29, 0.717) is 49.8 Å². The van der Waals surface area contributed by atoms with Gasteiger partial charge in [0.15, 0.2) is 9.84 Å². The molecule has 2 aromatic carbocycles. The van der Waals surface area contributed by atoms with E-state index in [1.807, 2.05) is 11.4 Å². The van der Waals surface area contributed by atoms with Gasteiger partial charge in [0.25, 0.3) is 0 Å². The highest BCUT2D eigenvalue weighted by atomic mass is 35.5. The summed E-state index contributed by atoms with van der Waals surface area (Å²) in [6, 6.07) is 13.3. The van der Waals surface area contributed by atoms with E-state index in [2.05, 4.69) is 25.3 Å². The Balaban J connectivity index is 1.28. The van der Waals surface area contributed by atoms with Crippen molar-refractivity contribution in [3.8, 4) is 17.1 Å². The molecule has 0 aliphatic rings. The fourth-order valence-electron chi connectivity index (χ4n) is 3.80. The molecule has 0 bridgehead atoms. The predicted molar refractivity (Wildman–Crippen MR) is 158 cm³/mol. The van der Waals surface area contributed by atoms with Crippen LogP contribution in [0.1, 0.15) is 17.5 Å². The Morgan fingerprint density at radius 2 is 1.93 bits per heavy atom. The molecule has 41 heavy (non-hydrogen) atoms. The van der Waals surface area contributed by atoms with Crippen LogP contribution in [0.3, 0.4) is 0 Å². The van der Waals surface area contributed by atoms with Crippen LogP contribution < -0.4 is 10.1 Å². The van der Waals surface area contributed by atoms with E-state index in [1.54, 1.807) is 43.5 Å². The number of pyridine rings is 1. The molecule has 5 aromatic rings. The Kier molecular flexibility index (Phi) is 9.03. The van der Waals surface area contributed by atoms with Crippen LogP contribution in [-0.2, 0) is 27.8 Å². The molecule has 0 aliphatic heterocycles. The summed E-state index contributed by atoms with van der Waals surface area (Å²) in [5.74, 6) is 0.778. The van der Waals surface area contributed by atoms with Crippen molar-refractivity contribution >= 4 is 55.2 Å². The molecule has 0 atom stereocenters. The number of aromatic nitrogens is 4. The van der Waals surface area contributed by atoms with Crippen molar-refractivity contribution in [2.75, 3.05) is 23.4 Å². The molecule has 0 radical (unpaired) electrons. The van der Waals surface area contributed by atoms with Crippen LogP contribution in [0.25, 0.3) is 22.3 Å². The summed E-state index contributed by atoms with van der Waals surface area (Å²) >= 11 is 7.87. The van der Waals surface area contributed by atoms with Gasteiger partial charge in [-0.2, -0.15) is 0 Å². The first kappa shape index (κ1) is 28.8. The molecule has 212 valence electrons. The summed E-state index contributed by atoms with van der Waals surface area (Å²) in [7, 11) is -3.07. The van der Waals surface area contributed by atoms with Crippen LogP contribution in [0.2, 0.25) is 5.02 Å². The number of nitrogens with zero attached hydrogens (tertiary/aromatic N) is 4. The molecule has 3 aromatic heterocycles. The van der Waals surface area contributed by atoms with Crippen molar-refractivity contribution in [1.29, 1.82) is 0 Å². The van der Waals surface area contributed by atoms with Gasteiger partial charge in [0.05, 0.1) is 47.1 Å². The van der Waals surface area contributed by atoms with Gasteiger partial charge in [-0.1, -0.05) is 30.7 Å². The number of benzene rings is 2. The smallest absolute Gasteiger partial charge is 0.152 e. The van der Waals surface area contributed by atoms with Gasteiger partial charge in [0.1, 0.15) is 35.3 Å². The van der Waals surface area contributed by atoms with Gasteiger partial charge >= 0.3 is 0 Å². The molecule has 1 N–H and O–H groups in total. The predicted octanol–water partition coefficient (Wildman–Crippen LogP) is 6.21. The van der Waals surface area contributed by atoms with Gasteiger partial charge in [0.2, 0.25) is 0 Å². The molecule has 5 rings (SSSR count). The second-order valence-electron chi connectivity index (χ2n) is 8.91. The highest BCUT2D eigenvalue weighted by Crippen LogP contribution is 2.32. The Morgan fingerprint density at radius 3 is 2.73 bits per heavy atom. The van der Waals surface area contributed by atoms with Crippen molar-refractivity contribution in [2.24, 2.45) is 0 Å². The first-order valence-electron chi connectivity index (χ1n) is 12.6. The molecular weight excluding hydrogens is 589 g/mol. The number of anilines is 2. The number of thiazole rings is 1. The van der Waals surface area contributed by atoms with Crippen molar-refractivity contribution in [3.63, 3.8) is 0 Å². The molecule has 0 amide bonds. The summed E-state index contributed by atoms with van der Waals surface area (Å²) in [5, 5.41) is 6.98. The van der Waals surface area contributed by atoms with Gasteiger partial charge in [-0.3, -0.25) is 4.98 Å². The number of rotatable bonds is 12.